The monoisotopic (exact) mass is 438 g/mol. The first-order chi connectivity index (χ1) is 15.0. The third kappa shape index (κ3) is 5.10. The standard InChI is InChI=1S/C25H30N2O5/c1-16(21(28)31-5)26-22(29)25(27-23(30)32-24(2,3)4)14-17-10-6-8-12-19(17)20-13-9-7-11-18(20)15-25/h6-13,16H,14-15H2,1-5H3,(H,26,29)(H,27,30)/t16-/m0/s1. The Kier molecular flexibility index (Phi) is 6.57. The van der Waals surface area contributed by atoms with Crippen LogP contribution in [-0.2, 0) is 31.9 Å². The van der Waals surface area contributed by atoms with E-state index < -0.39 is 35.2 Å². The summed E-state index contributed by atoms with van der Waals surface area (Å²) in [4.78, 5) is 38.4. The van der Waals surface area contributed by atoms with Crippen LogP contribution in [0.1, 0.15) is 38.8 Å². The number of carbonyl (C=O) groups is 3. The number of benzene rings is 2. The first-order valence-electron chi connectivity index (χ1n) is 10.6. The van der Waals surface area contributed by atoms with E-state index >= 15 is 0 Å². The lowest BCUT2D eigenvalue weighted by Gasteiger charge is -2.34. The Morgan fingerprint density at radius 2 is 1.44 bits per heavy atom. The summed E-state index contributed by atoms with van der Waals surface area (Å²) in [6.45, 7) is 6.83. The number of methoxy groups -OCH3 is 1. The highest BCUT2D eigenvalue weighted by Gasteiger charge is 2.44. The smallest absolute Gasteiger partial charge is 0.408 e. The van der Waals surface area contributed by atoms with Gasteiger partial charge >= 0.3 is 12.1 Å². The van der Waals surface area contributed by atoms with Gasteiger partial charge in [-0.15, -0.1) is 0 Å². The Bertz CT molecular complexity index is 977. The summed E-state index contributed by atoms with van der Waals surface area (Å²) in [7, 11) is 1.26. The Labute approximate surface area is 188 Å². The van der Waals surface area contributed by atoms with Crippen LogP contribution >= 0.6 is 0 Å². The molecule has 0 fully saturated rings. The Hall–Kier alpha value is -3.35. The molecular formula is C25H30N2O5. The van der Waals surface area contributed by atoms with Crippen LogP contribution < -0.4 is 10.6 Å². The molecular weight excluding hydrogens is 408 g/mol. The van der Waals surface area contributed by atoms with Gasteiger partial charge in [-0.25, -0.2) is 9.59 Å². The van der Waals surface area contributed by atoms with Crippen LogP contribution in [0.25, 0.3) is 11.1 Å². The lowest BCUT2D eigenvalue weighted by Crippen LogP contribution is -2.63. The van der Waals surface area contributed by atoms with E-state index in [0.717, 1.165) is 22.3 Å². The molecule has 7 nitrogen and oxygen atoms in total. The van der Waals surface area contributed by atoms with E-state index in [1.807, 2.05) is 48.5 Å². The van der Waals surface area contributed by atoms with Gasteiger partial charge in [0.15, 0.2) is 0 Å². The van der Waals surface area contributed by atoms with E-state index in [4.69, 9.17) is 9.47 Å². The van der Waals surface area contributed by atoms with Crippen molar-refractivity contribution in [3.63, 3.8) is 0 Å². The second-order valence-corrected chi connectivity index (χ2v) is 9.10. The van der Waals surface area contributed by atoms with Crippen LogP contribution in [0.15, 0.2) is 48.5 Å². The molecule has 0 aliphatic heterocycles. The Morgan fingerprint density at radius 1 is 0.938 bits per heavy atom. The largest absolute Gasteiger partial charge is 0.467 e. The zero-order chi connectivity index (χ0) is 23.5. The summed E-state index contributed by atoms with van der Waals surface area (Å²) in [5.74, 6) is -1.05. The van der Waals surface area contributed by atoms with Crippen molar-refractivity contribution in [1.29, 1.82) is 0 Å². The quantitative estimate of drug-likeness (QED) is 0.714. The molecule has 0 saturated carbocycles. The summed E-state index contributed by atoms with van der Waals surface area (Å²) < 4.78 is 10.2. The molecule has 0 aromatic heterocycles. The summed E-state index contributed by atoms with van der Waals surface area (Å²) in [6, 6.07) is 14.7. The topological polar surface area (TPSA) is 93.7 Å². The van der Waals surface area contributed by atoms with Crippen LogP contribution in [0.4, 0.5) is 4.79 Å². The molecule has 1 atom stereocenters. The predicted molar refractivity (Wildman–Crippen MR) is 121 cm³/mol. The fourth-order valence-electron chi connectivity index (χ4n) is 3.96. The van der Waals surface area contributed by atoms with Gasteiger partial charge < -0.3 is 20.1 Å². The number of hydrogen-bond donors (Lipinski definition) is 2. The van der Waals surface area contributed by atoms with E-state index in [0.29, 0.717) is 0 Å². The predicted octanol–water partition coefficient (Wildman–Crippen LogP) is 3.39. The average Bonchev–Trinajstić information content (AvgIpc) is 2.86. The maximum absolute atomic E-state index is 13.6. The zero-order valence-electron chi connectivity index (χ0n) is 19.2. The van der Waals surface area contributed by atoms with Crippen molar-refractivity contribution in [2.45, 2.75) is 57.7 Å². The summed E-state index contributed by atoms with van der Waals surface area (Å²) in [5, 5.41) is 5.56. The van der Waals surface area contributed by atoms with Crippen molar-refractivity contribution in [2.75, 3.05) is 7.11 Å². The fourth-order valence-corrected chi connectivity index (χ4v) is 3.96. The van der Waals surface area contributed by atoms with Gasteiger partial charge in [0, 0.05) is 12.8 Å². The molecule has 1 aliphatic carbocycles. The number of ether oxygens (including phenoxy) is 2. The zero-order valence-corrected chi connectivity index (χ0v) is 19.2. The third-order valence-corrected chi connectivity index (χ3v) is 5.39. The van der Waals surface area contributed by atoms with Crippen LogP contribution in [0, 0.1) is 0 Å². The molecule has 0 unspecified atom stereocenters. The molecule has 2 N–H and O–H groups in total. The van der Waals surface area contributed by atoms with Gasteiger partial charge in [0.05, 0.1) is 7.11 Å². The van der Waals surface area contributed by atoms with Gasteiger partial charge in [0.1, 0.15) is 17.2 Å². The number of alkyl carbamates (subject to hydrolysis) is 1. The van der Waals surface area contributed by atoms with Crippen LogP contribution in [-0.4, -0.2) is 42.3 Å². The molecule has 2 aromatic carbocycles. The van der Waals surface area contributed by atoms with E-state index in [1.54, 1.807) is 27.7 Å². The van der Waals surface area contributed by atoms with Crippen LogP contribution in [0.5, 0.6) is 0 Å². The fraction of sp³-hybridized carbons (Fsp3) is 0.400. The highest BCUT2D eigenvalue weighted by Crippen LogP contribution is 2.36. The van der Waals surface area contributed by atoms with E-state index in [2.05, 4.69) is 10.6 Å². The molecule has 0 radical (unpaired) electrons. The van der Waals surface area contributed by atoms with Gasteiger partial charge in [-0.1, -0.05) is 48.5 Å². The second-order valence-electron chi connectivity index (χ2n) is 9.10. The molecule has 170 valence electrons. The van der Waals surface area contributed by atoms with Crippen molar-refractivity contribution < 1.29 is 23.9 Å². The van der Waals surface area contributed by atoms with Gasteiger partial charge in [0.25, 0.3) is 0 Å². The number of rotatable bonds is 4. The van der Waals surface area contributed by atoms with Crippen molar-refractivity contribution in [3.8, 4) is 11.1 Å². The van der Waals surface area contributed by atoms with Gasteiger partial charge in [-0.2, -0.15) is 0 Å². The lowest BCUT2D eigenvalue weighted by molar-refractivity contribution is -0.145. The second kappa shape index (κ2) is 9.02. The molecule has 2 amide bonds. The minimum absolute atomic E-state index is 0.233. The van der Waals surface area contributed by atoms with Gasteiger partial charge in [0.2, 0.25) is 5.91 Å². The summed E-state index contributed by atoms with van der Waals surface area (Å²) >= 11 is 0. The molecule has 7 heteroatoms. The number of esters is 1. The highest BCUT2D eigenvalue weighted by atomic mass is 16.6. The molecule has 3 rings (SSSR count). The van der Waals surface area contributed by atoms with Crippen molar-refractivity contribution in [3.05, 3.63) is 59.7 Å². The lowest BCUT2D eigenvalue weighted by atomic mass is 9.85. The molecule has 0 bridgehead atoms. The Balaban J connectivity index is 2.09. The number of carbonyl (C=O) groups excluding carboxylic acids is 3. The maximum atomic E-state index is 13.6. The first kappa shape index (κ1) is 23.3. The minimum Gasteiger partial charge on any atom is -0.467 e. The van der Waals surface area contributed by atoms with E-state index in [1.165, 1.54) is 7.11 Å². The van der Waals surface area contributed by atoms with Gasteiger partial charge in [-0.3, -0.25) is 4.79 Å². The third-order valence-electron chi connectivity index (χ3n) is 5.39. The molecule has 0 saturated heterocycles. The van der Waals surface area contributed by atoms with Crippen molar-refractivity contribution in [2.24, 2.45) is 0 Å². The van der Waals surface area contributed by atoms with Crippen molar-refractivity contribution >= 4 is 18.0 Å². The SMILES string of the molecule is COC(=O)[C@H](C)NC(=O)C1(NC(=O)OC(C)(C)C)Cc2ccccc2-c2ccccc2C1. The molecule has 1 aliphatic rings. The number of amides is 2. The number of fused-ring (bicyclic) bond motifs is 3. The van der Waals surface area contributed by atoms with Crippen LogP contribution in [0.2, 0.25) is 0 Å². The molecule has 0 spiro atoms. The number of hydrogen-bond acceptors (Lipinski definition) is 5. The molecule has 32 heavy (non-hydrogen) atoms. The first-order valence-corrected chi connectivity index (χ1v) is 10.6. The average molecular weight is 439 g/mol. The van der Waals surface area contributed by atoms with E-state index in [9.17, 15) is 14.4 Å². The van der Waals surface area contributed by atoms with Crippen molar-refractivity contribution in [1.82, 2.24) is 10.6 Å². The summed E-state index contributed by atoms with van der Waals surface area (Å²) in [5.41, 5.74) is 1.73. The summed E-state index contributed by atoms with van der Waals surface area (Å²) in [6.07, 6.45) is -0.233. The molecule has 0 heterocycles. The van der Waals surface area contributed by atoms with Crippen LogP contribution in [0.3, 0.4) is 0 Å². The minimum atomic E-state index is -1.37. The normalized spacial score (nSPS) is 15.3. The Morgan fingerprint density at radius 3 is 1.91 bits per heavy atom. The maximum Gasteiger partial charge on any atom is 0.408 e. The highest BCUT2D eigenvalue weighted by molar-refractivity contribution is 5.94. The van der Waals surface area contributed by atoms with Gasteiger partial charge in [-0.05, 0) is 49.9 Å². The number of nitrogens with one attached hydrogen (secondary N) is 2. The molecule has 2 aromatic rings. The van der Waals surface area contributed by atoms with E-state index in [-0.39, 0.29) is 12.8 Å².